The number of esters is 1. The lowest BCUT2D eigenvalue weighted by Gasteiger charge is -2.24. The Hall–Kier alpha value is -0.530. The van der Waals surface area contributed by atoms with E-state index in [1.807, 2.05) is 0 Å². The Morgan fingerprint density at radius 3 is 2.54 bits per heavy atom. The fraction of sp³-hybridized carbons (Fsp3) is 0.909. The minimum absolute atomic E-state index is 0.129. The zero-order chi connectivity index (χ0) is 9.42. The van der Waals surface area contributed by atoms with Crippen molar-refractivity contribution in [3.63, 3.8) is 0 Å². The molecule has 2 nitrogen and oxygen atoms in total. The van der Waals surface area contributed by atoms with Crippen molar-refractivity contribution in [3.05, 3.63) is 0 Å². The summed E-state index contributed by atoms with van der Waals surface area (Å²) >= 11 is 0. The molecule has 2 heteroatoms. The molecule has 0 aromatic carbocycles. The van der Waals surface area contributed by atoms with Crippen molar-refractivity contribution in [2.75, 3.05) is 6.61 Å². The van der Waals surface area contributed by atoms with E-state index >= 15 is 0 Å². The minimum atomic E-state index is -0.129. The number of ether oxygens (including phenoxy) is 1. The fourth-order valence-corrected chi connectivity index (χ4v) is 3.11. The monoisotopic (exact) mass is 182 g/mol. The third-order valence-electron chi connectivity index (χ3n) is 3.86. The highest BCUT2D eigenvalue weighted by molar-refractivity contribution is 5.65. The second-order valence-electron chi connectivity index (χ2n) is 4.77. The third kappa shape index (κ3) is 1.72. The fourth-order valence-electron chi connectivity index (χ4n) is 3.11. The van der Waals surface area contributed by atoms with E-state index in [2.05, 4.69) is 6.92 Å². The summed E-state index contributed by atoms with van der Waals surface area (Å²) < 4.78 is 5.07. The second kappa shape index (κ2) is 3.32. The lowest BCUT2D eigenvalue weighted by molar-refractivity contribution is -0.142. The molecule has 2 aliphatic carbocycles. The van der Waals surface area contributed by atoms with Crippen molar-refractivity contribution in [1.82, 2.24) is 0 Å². The zero-order valence-electron chi connectivity index (χ0n) is 8.45. The van der Waals surface area contributed by atoms with E-state index in [1.165, 1.54) is 26.2 Å². The first kappa shape index (κ1) is 9.04. The normalized spacial score (nSPS) is 42.3. The predicted molar refractivity (Wildman–Crippen MR) is 50.1 cm³/mol. The number of carbonyl (C=O) groups excluding carboxylic acids is 1. The highest BCUT2D eigenvalue weighted by atomic mass is 16.5. The molecule has 4 unspecified atom stereocenters. The third-order valence-corrected chi connectivity index (χ3v) is 3.86. The first-order valence-corrected chi connectivity index (χ1v) is 5.30. The molecular weight excluding hydrogens is 164 g/mol. The van der Waals surface area contributed by atoms with Crippen LogP contribution in [0.4, 0.5) is 0 Å². The van der Waals surface area contributed by atoms with Crippen LogP contribution in [0.5, 0.6) is 0 Å². The first-order valence-electron chi connectivity index (χ1n) is 5.30. The molecule has 0 aliphatic heterocycles. The summed E-state index contributed by atoms with van der Waals surface area (Å²) in [4.78, 5) is 10.6. The van der Waals surface area contributed by atoms with Crippen LogP contribution in [0, 0.1) is 23.7 Å². The van der Waals surface area contributed by atoms with Crippen LogP contribution >= 0.6 is 0 Å². The van der Waals surface area contributed by atoms with Crippen LogP contribution < -0.4 is 0 Å². The van der Waals surface area contributed by atoms with Gasteiger partial charge >= 0.3 is 5.97 Å². The Kier molecular flexibility index (Phi) is 2.31. The first-order chi connectivity index (χ1) is 6.16. The van der Waals surface area contributed by atoms with Gasteiger partial charge in [0.05, 0.1) is 6.61 Å². The maximum absolute atomic E-state index is 10.6. The summed E-state index contributed by atoms with van der Waals surface area (Å²) in [7, 11) is 0. The Morgan fingerprint density at radius 1 is 1.31 bits per heavy atom. The minimum Gasteiger partial charge on any atom is -0.466 e. The molecular formula is C11H18O2. The number of carbonyl (C=O) groups is 1. The van der Waals surface area contributed by atoms with E-state index in [0.29, 0.717) is 12.5 Å². The molecule has 4 atom stereocenters. The van der Waals surface area contributed by atoms with Gasteiger partial charge in [-0.2, -0.15) is 0 Å². The molecule has 0 N–H and O–H groups in total. The van der Waals surface area contributed by atoms with Crippen molar-refractivity contribution < 1.29 is 9.53 Å². The Bertz CT molecular complexity index is 210. The average molecular weight is 182 g/mol. The Morgan fingerprint density at radius 2 is 2.08 bits per heavy atom. The highest BCUT2D eigenvalue weighted by Crippen LogP contribution is 2.51. The van der Waals surface area contributed by atoms with Gasteiger partial charge in [0.25, 0.3) is 0 Å². The summed E-state index contributed by atoms with van der Waals surface area (Å²) in [5.74, 6) is 3.23. The summed E-state index contributed by atoms with van der Waals surface area (Å²) in [6.07, 6.45) is 4.03. The van der Waals surface area contributed by atoms with Gasteiger partial charge in [-0.25, -0.2) is 0 Å². The molecule has 0 amide bonds. The van der Waals surface area contributed by atoms with Gasteiger partial charge in [0.15, 0.2) is 0 Å². The number of hydrogen-bond donors (Lipinski definition) is 0. The molecule has 0 radical (unpaired) electrons. The van der Waals surface area contributed by atoms with Gasteiger partial charge < -0.3 is 4.74 Å². The number of rotatable bonds is 2. The Balaban J connectivity index is 1.82. The van der Waals surface area contributed by atoms with Gasteiger partial charge in [0.2, 0.25) is 0 Å². The topological polar surface area (TPSA) is 26.3 Å². The van der Waals surface area contributed by atoms with Gasteiger partial charge in [-0.3, -0.25) is 4.79 Å². The standard InChI is InChI=1S/C11H18O2/c1-7-3-10-4-9(7)5-11(10)6-13-8(2)12/h7,9-11H,3-6H2,1-2H3. The molecule has 0 heterocycles. The van der Waals surface area contributed by atoms with Gasteiger partial charge in [0, 0.05) is 6.92 Å². The summed E-state index contributed by atoms with van der Waals surface area (Å²) in [6, 6.07) is 0. The van der Waals surface area contributed by atoms with Crippen molar-refractivity contribution in [1.29, 1.82) is 0 Å². The smallest absolute Gasteiger partial charge is 0.302 e. The van der Waals surface area contributed by atoms with Crippen LogP contribution in [0.3, 0.4) is 0 Å². The second-order valence-corrected chi connectivity index (χ2v) is 4.77. The van der Waals surface area contributed by atoms with E-state index in [4.69, 9.17) is 4.74 Å². The molecule has 2 rings (SSSR count). The van der Waals surface area contributed by atoms with E-state index < -0.39 is 0 Å². The van der Waals surface area contributed by atoms with E-state index in [0.717, 1.165) is 17.8 Å². The van der Waals surface area contributed by atoms with Crippen LogP contribution in [0.1, 0.15) is 33.1 Å². The number of hydrogen-bond acceptors (Lipinski definition) is 2. The van der Waals surface area contributed by atoms with Crippen molar-refractivity contribution in [2.45, 2.75) is 33.1 Å². The maximum Gasteiger partial charge on any atom is 0.302 e. The summed E-state index contributed by atoms with van der Waals surface area (Å²) in [6.45, 7) is 4.52. The molecule has 2 fully saturated rings. The molecule has 0 spiro atoms. The number of fused-ring (bicyclic) bond motifs is 2. The van der Waals surface area contributed by atoms with Gasteiger partial charge in [-0.1, -0.05) is 6.92 Å². The average Bonchev–Trinajstić information content (AvgIpc) is 2.58. The molecule has 74 valence electrons. The molecule has 13 heavy (non-hydrogen) atoms. The van der Waals surface area contributed by atoms with Crippen LogP contribution in [-0.4, -0.2) is 12.6 Å². The van der Waals surface area contributed by atoms with Crippen LogP contribution in [0.2, 0.25) is 0 Å². The lowest BCUT2D eigenvalue weighted by Crippen LogP contribution is -2.21. The lowest BCUT2D eigenvalue weighted by atomic mass is 9.83. The van der Waals surface area contributed by atoms with Crippen LogP contribution in [0.15, 0.2) is 0 Å². The summed E-state index contributed by atoms with van der Waals surface area (Å²) in [5, 5.41) is 0. The maximum atomic E-state index is 10.6. The van der Waals surface area contributed by atoms with Gasteiger partial charge in [-0.15, -0.1) is 0 Å². The van der Waals surface area contributed by atoms with Crippen LogP contribution in [-0.2, 0) is 9.53 Å². The largest absolute Gasteiger partial charge is 0.466 e. The Labute approximate surface area is 79.7 Å². The van der Waals surface area contributed by atoms with Crippen LogP contribution in [0.25, 0.3) is 0 Å². The van der Waals surface area contributed by atoms with Gasteiger partial charge in [0.1, 0.15) is 0 Å². The highest BCUT2D eigenvalue weighted by Gasteiger charge is 2.43. The van der Waals surface area contributed by atoms with Crippen molar-refractivity contribution in [3.8, 4) is 0 Å². The summed E-state index contributed by atoms with van der Waals surface area (Å²) in [5.41, 5.74) is 0. The molecule has 2 saturated carbocycles. The predicted octanol–water partition coefficient (Wildman–Crippen LogP) is 2.23. The molecule has 2 bridgehead atoms. The van der Waals surface area contributed by atoms with Crippen molar-refractivity contribution >= 4 is 5.97 Å². The van der Waals surface area contributed by atoms with Gasteiger partial charge in [-0.05, 0) is 42.9 Å². The molecule has 0 saturated heterocycles. The van der Waals surface area contributed by atoms with E-state index in [-0.39, 0.29) is 5.97 Å². The quantitative estimate of drug-likeness (QED) is 0.612. The van der Waals surface area contributed by atoms with E-state index in [9.17, 15) is 4.79 Å². The molecule has 0 aromatic heterocycles. The van der Waals surface area contributed by atoms with E-state index in [1.54, 1.807) is 0 Å². The zero-order valence-corrected chi connectivity index (χ0v) is 8.45. The van der Waals surface area contributed by atoms with Crippen molar-refractivity contribution in [2.24, 2.45) is 23.7 Å². The molecule has 2 aliphatic rings. The SMILES string of the molecule is CC(=O)OCC1CC2CC1CC2C. The molecule has 0 aromatic rings.